The molecule has 0 radical (unpaired) electrons. The highest BCUT2D eigenvalue weighted by atomic mass is 32.2. The summed E-state index contributed by atoms with van der Waals surface area (Å²) in [5, 5.41) is 13.2. The first-order valence-electron chi connectivity index (χ1n) is 8.66. The minimum atomic E-state index is -0.648. The van der Waals surface area contributed by atoms with Gasteiger partial charge in [0.15, 0.2) is 5.75 Å². The van der Waals surface area contributed by atoms with E-state index in [-0.39, 0.29) is 35.0 Å². The van der Waals surface area contributed by atoms with Gasteiger partial charge in [0, 0.05) is 37.1 Å². The quantitative estimate of drug-likeness (QED) is 0.404. The van der Waals surface area contributed by atoms with Crippen LogP contribution in [0.4, 0.5) is 10.5 Å². The van der Waals surface area contributed by atoms with Crippen LogP contribution >= 0.6 is 11.8 Å². The van der Waals surface area contributed by atoms with Crippen molar-refractivity contribution in [2.45, 2.75) is 0 Å². The molecule has 1 fully saturated rings. The fourth-order valence-electron chi connectivity index (χ4n) is 2.66. The number of rotatable bonds is 7. The van der Waals surface area contributed by atoms with Crippen molar-refractivity contribution < 1.29 is 24.0 Å². The Kier molecular flexibility index (Phi) is 6.42. The maximum Gasteiger partial charge on any atom is 0.311 e. The van der Waals surface area contributed by atoms with Gasteiger partial charge in [-0.1, -0.05) is 6.07 Å². The van der Waals surface area contributed by atoms with Gasteiger partial charge in [-0.15, -0.1) is 0 Å². The molecule has 2 aromatic rings. The van der Waals surface area contributed by atoms with Crippen LogP contribution in [0.15, 0.2) is 47.6 Å². The molecule has 1 aromatic carbocycles. The number of ether oxygens (including phenoxy) is 1. The molecule has 30 heavy (non-hydrogen) atoms. The number of nitrogens with one attached hydrogen (secondary N) is 1. The van der Waals surface area contributed by atoms with E-state index in [4.69, 9.17) is 4.74 Å². The van der Waals surface area contributed by atoms with Crippen molar-refractivity contribution >= 4 is 40.6 Å². The fraction of sp³-hybridized carbons (Fsp3) is 0.158. The van der Waals surface area contributed by atoms with Gasteiger partial charge >= 0.3 is 5.69 Å². The van der Waals surface area contributed by atoms with Crippen LogP contribution in [0.1, 0.15) is 15.9 Å². The maximum absolute atomic E-state index is 12.5. The fourth-order valence-corrected chi connectivity index (χ4v) is 3.53. The maximum atomic E-state index is 12.5. The van der Waals surface area contributed by atoms with E-state index in [0.717, 1.165) is 22.7 Å². The van der Waals surface area contributed by atoms with Crippen molar-refractivity contribution in [1.29, 1.82) is 0 Å². The van der Waals surface area contributed by atoms with E-state index < -0.39 is 22.0 Å². The van der Waals surface area contributed by atoms with Crippen LogP contribution in [-0.2, 0) is 4.79 Å². The molecule has 1 aliphatic heterocycles. The second-order valence-corrected chi connectivity index (χ2v) is 7.01. The Morgan fingerprint density at radius 1 is 1.37 bits per heavy atom. The van der Waals surface area contributed by atoms with Gasteiger partial charge in [-0.2, -0.15) is 0 Å². The number of hydrogen-bond acceptors (Lipinski definition) is 8. The average Bonchev–Trinajstić information content (AvgIpc) is 3.01. The number of carbonyl (C=O) groups is 3. The molecular weight excluding hydrogens is 412 g/mol. The largest absolute Gasteiger partial charge is 0.490 e. The van der Waals surface area contributed by atoms with Gasteiger partial charge in [0.05, 0.1) is 16.9 Å². The molecule has 0 saturated carbocycles. The number of thioether (sulfide) groups is 1. The van der Waals surface area contributed by atoms with Gasteiger partial charge in [0.25, 0.3) is 17.1 Å². The van der Waals surface area contributed by atoms with Crippen LogP contribution in [0, 0.1) is 10.1 Å². The van der Waals surface area contributed by atoms with Gasteiger partial charge in [0.1, 0.15) is 0 Å². The summed E-state index contributed by atoms with van der Waals surface area (Å²) in [6.07, 6.45) is 4.75. The number of carbonyl (C=O) groups excluding carboxylic acids is 3. The third kappa shape index (κ3) is 4.63. The SMILES string of the molecule is COc1ccc(C(=O)NCCN2C(=O)S/C(=C\c3cccnc3)C2=O)cc1[N+](=O)[O-]. The normalized spacial score (nSPS) is 14.8. The Morgan fingerprint density at radius 3 is 2.83 bits per heavy atom. The van der Waals surface area contributed by atoms with Crippen molar-refractivity contribution in [2.24, 2.45) is 0 Å². The summed E-state index contributed by atoms with van der Waals surface area (Å²) < 4.78 is 4.90. The molecule has 3 rings (SSSR count). The highest BCUT2D eigenvalue weighted by molar-refractivity contribution is 8.18. The molecule has 1 N–H and O–H groups in total. The molecule has 154 valence electrons. The first-order valence-corrected chi connectivity index (χ1v) is 9.48. The zero-order valence-electron chi connectivity index (χ0n) is 15.7. The summed E-state index contributed by atoms with van der Waals surface area (Å²) in [5.74, 6) is -0.989. The Bertz CT molecular complexity index is 1040. The number of methoxy groups -OCH3 is 1. The topological polar surface area (TPSA) is 132 Å². The molecule has 1 aliphatic rings. The summed E-state index contributed by atoms with van der Waals surface area (Å²) in [5.41, 5.74) is 0.419. The monoisotopic (exact) mass is 428 g/mol. The number of amides is 3. The molecule has 2 heterocycles. The van der Waals surface area contributed by atoms with E-state index >= 15 is 0 Å². The lowest BCUT2D eigenvalue weighted by molar-refractivity contribution is -0.385. The number of nitro groups is 1. The lowest BCUT2D eigenvalue weighted by atomic mass is 10.1. The number of pyridine rings is 1. The number of imide groups is 1. The highest BCUT2D eigenvalue weighted by Gasteiger charge is 2.34. The minimum absolute atomic E-state index is 0.00310. The molecule has 11 heteroatoms. The Morgan fingerprint density at radius 2 is 2.17 bits per heavy atom. The molecule has 1 saturated heterocycles. The number of aromatic nitrogens is 1. The first kappa shape index (κ1) is 21.0. The summed E-state index contributed by atoms with van der Waals surface area (Å²) >= 11 is 0.810. The van der Waals surface area contributed by atoms with Crippen molar-refractivity contribution in [3.05, 3.63) is 68.9 Å². The van der Waals surface area contributed by atoms with Crippen molar-refractivity contribution in [2.75, 3.05) is 20.2 Å². The molecule has 3 amide bonds. The summed E-state index contributed by atoms with van der Waals surface area (Å²) in [6.45, 7) is -0.0318. The van der Waals surface area contributed by atoms with E-state index in [1.165, 1.54) is 19.2 Å². The predicted octanol–water partition coefficient (Wildman–Crippen LogP) is 2.46. The Labute approximate surface area is 175 Å². The predicted molar refractivity (Wildman–Crippen MR) is 109 cm³/mol. The van der Waals surface area contributed by atoms with E-state index in [1.54, 1.807) is 30.6 Å². The second-order valence-electron chi connectivity index (χ2n) is 6.02. The second kappa shape index (κ2) is 9.18. The molecule has 10 nitrogen and oxygen atoms in total. The zero-order valence-corrected chi connectivity index (χ0v) is 16.5. The molecule has 0 bridgehead atoms. The van der Waals surface area contributed by atoms with Crippen LogP contribution in [0.2, 0.25) is 0 Å². The summed E-state index contributed by atoms with van der Waals surface area (Å²) in [7, 11) is 1.29. The molecule has 1 aromatic heterocycles. The Balaban J connectivity index is 1.61. The van der Waals surface area contributed by atoms with Gasteiger partial charge in [-0.25, -0.2) is 0 Å². The van der Waals surface area contributed by atoms with E-state index in [1.807, 2.05) is 0 Å². The minimum Gasteiger partial charge on any atom is -0.490 e. The molecule has 0 unspecified atom stereocenters. The van der Waals surface area contributed by atoms with Crippen LogP contribution in [0.25, 0.3) is 6.08 Å². The molecule has 0 spiro atoms. The number of hydrogen-bond donors (Lipinski definition) is 1. The van der Waals surface area contributed by atoms with E-state index in [2.05, 4.69) is 10.3 Å². The summed E-state index contributed by atoms with van der Waals surface area (Å²) in [6, 6.07) is 7.29. The van der Waals surface area contributed by atoms with E-state index in [0.29, 0.717) is 5.56 Å². The van der Waals surface area contributed by atoms with Crippen LogP contribution in [0.5, 0.6) is 5.75 Å². The van der Waals surface area contributed by atoms with Gasteiger partial charge in [0.2, 0.25) is 0 Å². The number of benzene rings is 1. The molecule has 0 atom stereocenters. The standard InChI is InChI=1S/C19H16N4O6S/c1-29-15-5-4-13(10-14(15)23(27)28)17(24)21-7-8-22-18(25)16(30-19(22)26)9-12-3-2-6-20-11-12/h2-6,9-11H,7-8H2,1H3,(H,21,24)/b16-9-. The lowest BCUT2D eigenvalue weighted by Gasteiger charge is -2.13. The number of nitrogens with zero attached hydrogens (tertiary/aromatic N) is 3. The average molecular weight is 428 g/mol. The number of nitro benzene ring substituents is 1. The Hall–Kier alpha value is -3.73. The van der Waals surface area contributed by atoms with Crippen LogP contribution in [-0.4, -0.2) is 52.1 Å². The van der Waals surface area contributed by atoms with E-state index in [9.17, 15) is 24.5 Å². The van der Waals surface area contributed by atoms with Crippen LogP contribution in [0.3, 0.4) is 0 Å². The third-order valence-electron chi connectivity index (χ3n) is 4.11. The van der Waals surface area contributed by atoms with Crippen LogP contribution < -0.4 is 10.1 Å². The van der Waals surface area contributed by atoms with Gasteiger partial charge in [-0.3, -0.25) is 34.4 Å². The highest BCUT2D eigenvalue weighted by Crippen LogP contribution is 2.32. The third-order valence-corrected chi connectivity index (χ3v) is 5.02. The van der Waals surface area contributed by atoms with Gasteiger partial charge in [-0.05, 0) is 41.6 Å². The molecule has 0 aliphatic carbocycles. The summed E-state index contributed by atoms with van der Waals surface area (Å²) in [4.78, 5) is 52.5. The van der Waals surface area contributed by atoms with Crippen molar-refractivity contribution in [1.82, 2.24) is 15.2 Å². The first-order chi connectivity index (χ1) is 14.4. The van der Waals surface area contributed by atoms with Crippen molar-refractivity contribution in [3.8, 4) is 5.75 Å². The molecular formula is C19H16N4O6S. The zero-order chi connectivity index (χ0) is 21.7. The van der Waals surface area contributed by atoms with Crippen molar-refractivity contribution in [3.63, 3.8) is 0 Å². The lowest BCUT2D eigenvalue weighted by Crippen LogP contribution is -2.37. The smallest absolute Gasteiger partial charge is 0.311 e. The van der Waals surface area contributed by atoms with Gasteiger partial charge < -0.3 is 10.1 Å².